The zero-order chi connectivity index (χ0) is 16.7. The lowest BCUT2D eigenvalue weighted by molar-refractivity contribution is -0.122. The SMILES string of the molecule is O=C1NC(=O)C(c2c[nH]c3ccccc23)=C1c1cn(CCO)nn1. The van der Waals surface area contributed by atoms with Crippen LogP contribution in [0.15, 0.2) is 36.7 Å². The smallest absolute Gasteiger partial charge is 0.261 e. The van der Waals surface area contributed by atoms with Gasteiger partial charge in [-0.15, -0.1) is 5.10 Å². The van der Waals surface area contributed by atoms with E-state index in [1.165, 1.54) is 4.68 Å². The third-order valence-electron chi connectivity index (χ3n) is 3.91. The minimum absolute atomic E-state index is 0.0950. The van der Waals surface area contributed by atoms with Gasteiger partial charge in [0, 0.05) is 22.7 Å². The number of para-hydroxylation sites is 1. The number of nitrogens with one attached hydrogen (secondary N) is 2. The summed E-state index contributed by atoms with van der Waals surface area (Å²) in [7, 11) is 0. The van der Waals surface area contributed by atoms with Crippen LogP contribution in [0.25, 0.3) is 22.0 Å². The molecule has 120 valence electrons. The van der Waals surface area contributed by atoms with Crippen molar-refractivity contribution >= 4 is 33.9 Å². The quantitative estimate of drug-likeness (QED) is 0.599. The van der Waals surface area contributed by atoms with E-state index in [1.807, 2.05) is 24.3 Å². The van der Waals surface area contributed by atoms with E-state index >= 15 is 0 Å². The van der Waals surface area contributed by atoms with Crippen molar-refractivity contribution < 1.29 is 14.7 Å². The molecule has 4 rings (SSSR count). The predicted molar refractivity (Wildman–Crippen MR) is 85.4 cm³/mol. The summed E-state index contributed by atoms with van der Waals surface area (Å²) in [6.07, 6.45) is 3.24. The first kappa shape index (κ1) is 14.3. The lowest BCUT2D eigenvalue weighted by Gasteiger charge is -2.00. The number of hydrogen-bond donors (Lipinski definition) is 3. The molecule has 3 N–H and O–H groups in total. The van der Waals surface area contributed by atoms with Crippen molar-refractivity contribution in [3.8, 4) is 0 Å². The molecule has 1 aliphatic heterocycles. The van der Waals surface area contributed by atoms with E-state index in [-0.39, 0.29) is 24.3 Å². The number of aliphatic hydroxyl groups excluding tert-OH is 1. The molecule has 8 nitrogen and oxygen atoms in total. The van der Waals surface area contributed by atoms with Crippen molar-refractivity contribution in [2.45, 2.75) is 6.54 Å². The summed E-state index contributed by atoms with van der Waals surface area (Å²) in [5, 5.41) is 20.0. The molecule has 8 heteroatoms. The number of hydrogen-bond acceptors (Lipinski definition) is 5. The van der Waals surface area contributed by atoms with Gasteiger partial charge in [0.25, 0.3) is 11.8 Å². The number of H-pyrrole nitrogens is 1. The summed E-state index contributed by atoms with van der Waals surface area (Å²) in [6.45, 7) is 0.167. The maximum absolute atomic E-state index is 12.3. The van der Waals surface area contributed by atoms with Gasteiger partial charge in [-0.3, -0.25) is 14.9 Å². The van der Waals surface area contributed by atoms with Gasteiger partial charge in [-0.25, -0.2) is 4.68 Å². The number of rotatable bonds is 4. The lowest BCUT2D eigenvalue weighted by atomic mass is 9.99. The highest BCUT2D eigenvalue weighted by Crippen LogP contribution is 2.34. The van der Waals surface area contributed by atoms with Gasteiger partial charge in [0.2, 0.25) is 0 Å². The highest BCUT2D eigenvalue weighted by atomic mass is 16.3. The molecule has 3 heterocycles. The molecule has 0 radical (unpaired) electrons. The molecule has 0 unspecified atom stereocenters. The molecule has 1 aromatic carbocycles. The molecule has 3 aromatic rings. The van der Waals surface area contributed by atoms with Crippen molar-refractivity contribution in [2.75, 3.05) is 6.61 Å². The predicted octanol–water partition coefficient (Wildman–Crippen LogP) is 0.319. The molecule has 0 fully saturated rings. The number of imide groups is 1. The summed E-state index contributed by atoms with van der Waals surface area (Å²) < 4.78 is 1.42. The van der Waals surface area contributed by atoms with Crippen molar-refractivity contribution in [3.63, 3.8) is 0 Å². The number of amides is 2. The topological polar surface area (TPSA) is 113 Å². The van der Waals surface area contributed by atoms with Gasteiger partial charge in [-0.2, -0.15) is 0 Å². The van der Waals surface area contributed by atoms with Crippen LogP contribution >= 0.6 is 0 Å². The third-order valence-corrected chi connectivity index (χ3v) is 3.91. The Balaban J connectivity index is 1.92. The largest absolute Gasteiger partial charge is 0.394 e. The van der Waals surface area contributed by atoms with Crippen LogP contribution in [0.5, 0.6) is 0 Å². The second-order valence-electron chi connectivity index (χ2n) is 5.37. The van der Waals surface area contributed by atoms with E-state index in [0.29, 0.717) is 11.3 Å². The molecule has 0 atom stereocenters. The standard InChI is InChI=1S/C16H13N5O3/c22-6-5-21-8-12(19-20-21)14-13(15(23)18-16(14)24)10-7-17-11-4-2-1-3-9(10)11/h1-4,7-8,17,22H,5-6H2,(H,18,23,24). The van der Waals surface area contributed by atoms with E-state index in [9.17, 15) is 9.59 Å². The number of aromatic amines is 1. The van der Waals surface area contributed by atoms with Crippen LogP contribution in [0.1, 0.15) is 11.3 Å². The maximum Gasteiger partial charge on any atom is 0.261 e. The Morgan fingerprint density at radius 1 is 1.12 bits per heavy atom. The van der Waals surface area contributed by atoms with Crippen LogP contribution in [0.3, 0.4) is 0 Å². The van der Waals surface area contributed by atoms with Gasteiger partial charge < -0.3 is 10.1 Å². The molecule has 0 aliphatic carbocycles. The molecule has 0 spiro atoms. The number of carbonyl (C=O) groups is 2. The number of carbonyl (C=O) groups excluding carboxylic acids is 2. The number of nitrogens with zero attached hydrogens (tertiary/aromatic N) is 3. The summed E-state index contributed by atoms with van der Waals surface area (Å²) in [4.78, 5) is 27.7. The van der Waals surface area contributed by atoms with Gasteiger partial charge in [0.15, 0.2) is 0 Å². The Morgan fingerprint density at radius 3 is 2.75 bits per heavy atom. The summed E-state index contributed by atoms with van der Waals surface area (Å²) in [6, 6.07) is 7.53. The van der Waals surface area contributed by atoms with Crippen molar-refractivity contribution in [3.05, 3.63) is 47.9 Å². The van der Waals surface area contributed by atoms with Gasteiger partial charge in [-0.1, -0.05) is 23.4 Å². The first-order valence-electron chi connectivity index (χ1n) is 7.37. The normalized spacial score (nSPS) is 14.7. The van der Waals surface area contributed by atoms with Crippen molar-refractivity contribution in [1.29, 1.82) is 0 Å². The number of aliphatic hydroxyl groups is 1. The van der Waals surface area contributed by atoms with Gasteiger partial charge in [0.1, 0.15) is 5.69 Å². The average Bonchev–Trinajstić information content (AvgIpc) is 3.25. The zero-order valence-electron chi connectivity index (χ0n) is 12.5. The molecule has 24 heavy (non-hydrogen) atoms. The fourth-order valence-corrected chi connectivity index (χ4v) is 2.86. The van der Waals surface area contributed by atoms with Crippen LogP contribution in [-0.2, 0) is 16.1 Å². The summed E-state index contributed by atoms with van der Waals surface area (Å²) in [5.74, 6) is -0.965. The molecule has 0 saturated heterocycles. The van der Waals surface area contributed by atoms with E-state index < -0.39 is 11.8 Å². The zero-order valence-corrected chi connectivity index (χ0v) is 12.5. The molecule has 2 amide bonds. The Hall–Kier alpha value is -3.26. The van der Waals surface area contributed by atoms with Crippen LogP contribution in [0.4, 0.5) is 0 Å². The van der Waals surface area contributed by atoms with Crippen LogP contribution in [0.2, 0.25) is 0 Å². The van der Waals surface area contributed by atoms with E-state index in [1.54, 1.807) is 12.4 Å². The molecule has 1 aliphatic rings. The molecule has 2 aromatic heterocycles. The van der Waals surface area contributed by atoms with Gasteiger partial charge >= 0.3 is 0 Å². The highest BCUT2D eigenvalue weighted by Gasteiger charge is 2.34. The first-order chi connectivity index (χ1) is 11.7. The lowest BCUT2D eigenvalue weighted by Crippen LogP contribution is -2.22. The maximum atomic E-state index is 12.3. The Kier molecular flexibility index (Phi) is 3.24. The molecular weight excluding hydrogens is 310 g/mol. The van der Waals surface area contributed by atoms with E-state index in [2.05, 4.69) is 20.6 Å². The first-order valence-corrected chi connectivity index (χ1v) is 7.37. The van der Waals surface area contributed by atoms with Crippen LogP contribution < -0.4 is 5.32 Å². The Morgan fingerprint density at radius 2 is 1.92 bits per heavy atom. The Labute approximate surface area is 135 Å². The second kappa shape index (κ2) is 5.43. The molecular formula is C16H13N5O3. The van der Waals surface area contributed by atoms with Crippen LogP contribution in [0, 0.1) is 0 Å². The highest BCUT2D eigenvalue weighted by molar-refractivity contribution is 6.49. The van der Waals surface area contributed by atoms with E-state index in [0.717, 1.165) is 10.9 Å². The minimum Gasteiger partial charge on any atom is -0.394 e. The van der Waals surface area contributed by atoms with Crippen LogP contribution in [-0.4, -0.2) is 43.5 Å². The van der Waals surface area contributed by atoms with Gasteiger partial charge in [0.05, 0.1) is 30.5 Å². The monoisotopic (exact) mass is 323 g/mol. The van der Waals surface area contributed by atoms with E-state index in [4.69, 9.17) is 5.11 Å². The second-order valence-corrected chi connectivity index (χ2v) is 5.37. The summed E-state index contributed by atoms with van der Waals surface area (Å²) >= 11 is 0. The molecule has 0 bridgehead atoms. The molecule has 0 saturated carbocycles. The fourth-order valence-electron chi connectivity index (χ4n) is 2.86. The fraction of sp³-hybridized carbons (Fsp3) is 0.125. The van der Waals surface area contributed by atoms with Gasteiger partial charge in [-0.05, 0) is 6.07 Å². The number of aromatic nitrogens is 4. The number of benzene rings is 1. The third kappa shape index (κ3) is 2.12. The average molecular weight is 323 g/mol. The minimum atomic E-state index is -0.503. The Bertz CT molecular complexity index is 998. The summed E-state index contributed by atoms with van der Waals surface area (Å²) in [5.41, 5.74) is 2.27. The number of fused-ring (bicyclic) bond motifs is 1. The van der Waals surface area contributed by atoms with Crippen molar-refractivity contribution in [1.82, 2.24) is 25.3 Å². The van der Waals surface area contributed by atoms with Crippen molar-refractivity contribution in [2.24, 2.45) is 0 Å².